The molecule has 0 N–H and O–H groups in total. The molecule has 0 amide bonds. The molecule has 1 saturated heterocycles. The number of carbonyl (C=O) groups excluding carboxylic acids is 1. The van der Waals surface area contributed by atoms with Crippen molar-refractivity contribution >= 4 is 11.8 Å². The quantitative estimate of drug-likeness (QED) is 0.414. The lowest BCUT2D eigenvalue weighted by Gasteiger charge is -2.30. The van der Waals surface area contributed by atoms with Gasteiger partial charge < -0.3 is 9.64 Å². The summed E-state index contributed by atoms with van der Waals surface area (Å²) in [5.41, 5.74) is 4.80. The Hall–Kier alpha value is -3.95. The zero-order valence-electron chi connectivity index (χ0n) is 18.8. The first-order valence-corrected chi connectivity index (χ1v) is 10.9. The summed E-state index contributed by atoms with van der Waals surface area (Å²) in [4.78, 5) is 13.3. The van der Waals surface area contributed by atoms with Gasteiger partial charge in [-0.3, -0.25) is 4.79 Å². The monoisotopic (exact) mass is 438 g/mol. The van der Waals surface area contributed by atoms with Gasteiger partial charge in [-0.15, -0.1) is 0 Å². The van der Waals surface area contributed by atoms with E-state index in [2.05, 4.69) is 52.5 Å². The number of hydrogen-bond acceptors (Lipinski definition) is 5. The smallest absolute Gasteiger partial charge is 0.154 e. The molecular formula is C27H26N4O2. The molecule has 2 aromatic heterocycles. The standard InChI is InChI=1S/C22H18N2O2.C5H8N2/c1-16-19(15-25)14-24-22(16)21(11-12-23-24)26-20-9-7-18(8-10-20)13-17-5-3-2-4-6-17;1-7-3-5(2-6)4-7/h2-12,14-15H,13H2,1H3;5H,3-4H2,1H3. The van der Waals surface area contributed by atoms with E-state index in [1.165, 1.54) is 11.1 Å². The second-order valence-corrected chi connectivity index (χ2v) is 8.27. The second kappa shape index (κ2) is 10.1. The van der Waals surface area contributed by atoms with Gasteiger partial charge in [0.2, 0.25) is 0 Å². The van der Waals surface area contributed by atoms with E-state index >= 15 is 0 Å². The number of aldehydes is 1. The summed E-state index contributed by atoms with van der Waals surface area (Å²) in [5, 5.41) is 12.5. The van der Waals surface area contributed by atoms with E-state index in [4.69, 9.17) is 10.00 Å². The molecule has 6 nitrogen and oxygen atoms in total. The van der Waals surface area contributed by atoms with Gasteiger partial charge in [-0.25, -0.2) is 4.52 Å². The van der Waals surface area contributed by atoms with Crippen molar-refractivity contribution in [1.82, 2.24) is 14.5 Å². The topological polar surface area (TPSA) is 70.6 Å². The van der Waals surface area contributed by atoms with Crippen LogP contribution < -0.4 is 4.74 Å². The van der Waals surface area contributed by atoms with Gasteiger partial charge in [0.05, 0.1) is 18.2 Å². The highest BCUT2D eigenvalue weighted by Gasteiger charge is 2.21. The summed E-state index contributed by atoms with van der Waals surface area (Å²) >= 11 is 0. The summed E-state index contributed by atoms with van der Waals surface area (Å²) in [6, 6.07) is 22.5. The average Bonchev–Trinajstić information content (AvgIpc) is 3.16. The van der Waals surface area contributed by atoms with Crippen molar-refractivity contribution in [2.75, 3.05) is 20.1 Å². The van der Waals surface area contributed by atoms with E-state index < -0.39 is 0 Å². The maximum Gasteiger partial charge on any atom is 0.154 e. The molecule has 4 aromatic rings. The van der Waals surface area contributed by atoms with E-state index in [1.54, 1.807) is 16.9 Å². The summed E-state index contributed by atoms with van der Waals surface area (Å²) in [5.74, 6) is 1.76. The molecular weight excluding hydrogens is 412 g/mol. The molecule has 3 heterocycles. The molecule has 0 saturated carbocycles. The maximum atomic E-state index is 11.2. The molecule has 0 unspecified atom stereocenters. The van der Waals surface area contributed by atoms with Gasteiger partial charge in [0.1, 0.15) is 11.3 Å². The first-order chi connectivity index (χ1) is 16.1. The van der Waals surface area contributed by atoms with Gasteiger partial charge in [0.25, 0.3) is 0 Å². The summed E-state index contributed by atoms with van der Waals surface area (Å²) in [6.45, 7) is 3.84. The van der Waals surface area contributed by atoms with E-state index in [1.807, 2.05) is 38.2 Å². The van der Waals surface area contributed by atoms with Crippen molar-refractivity contribution in [2.24, 2.45) is 5.92 Å². The van der Waals surface area contributed by atoms with Crippen molar-refractivity contribution in [3.05, 3.63) is 95.3 Å². The number of aryl methyl sites for hydroxylation is 1. The van der Waals surface area contributed by atoms with Gasteiger partial charge in [-0.05, 0) is 49.2 Å². The normalized spacial score (nSPS) is 13.5. The fourth-order valence-electron chi connectivity index (χ4n) is 3.86. The lowest BCUT2D eigenvalue weighted by molar-refractivity contribution is 0.112. The van der Waals surface area contributed by atoms with Gasteiger partial charge in [-0.1, -0.05) is 42.5 Å². The van der Waals surface area contributed by atoms with E-state index in [0.29, 0.717) is 17.2 Å². The minimum atomic E-state index is 0.324. The van der Waals surface area contributed by atoms with Crippen molar-refractivity contribution < 1.29 is 9.53 Å². The molecule has 166 valence electrons. The zero-order chi connectivity index (χ0) is 23.2. The first kappa shape index (κ1) is 22.3. The Morgan fingerprint density at radius 2 is 1.79 bits per heavy atom. The van der Waals surface area contributed by atoms with Crippen LogP contribution in [0.15, 0.2) is 73.1 Å². The molecule has 33 heavy (non-hydrogen) atoms. The minimum absolute atomic E-state index is 0.324. The highest BCUT2D eigenvalue weighted by Crippen LogP contribution is 2.30. The third-order valence-corrected chi connectivity index (χ3v) is 5.70. The number of aromatic nitrogens is 2. The summed E-state index contributed by atoms with van der Waals surface area (Å²) in [6.07, 6.45) is 5.11. The van der Waals surface area contributed by atoms with Crippen molar-refractivity contribution in [2.45, 2.75) is 13.3 Å². The fourth-order valence-corrected chi connectivity index (χ4v) is 3.86. The molecule has 5 rings (SSSR count). The molecule has 0 bridgehead atoms. The SMILES string of the molecule is CN1CC(C#N)C1.Cc1c(C=O)cn2nccc(Oc3ccc(Cc4ccccc4)cc3)c12. The Kier molecular flexibility index (Phi) is 6.82. The molecule has 2 aromatic carbocycles. The van der Waals surface area contributed by atoms with Crippen LogP contribution in [-0.2, 0) is 6.42 Å². The van der Waals surface area contributed by atoms with Crippen molar-refractivity contribution in [3.63, 3.8) is 0 Å². The number of fused-ring (bicyclic) bond motifs is 1. The van der Waals surface area contributed by atoms with Gasteiger partial charge in [0, 0.05) is 30.9 Å². The van der Waals surface area contributed by atoms with Crippen LogP contribution in [0.2, 0.25) is 0 Å². The Labute approximate surface area is 193 Å². The molecule has 0 atom stereocenters. The van der Waals surface area contributed by atoms with Gasteiger partial charge >= 0.3 is 0 Å². The lowest BCUT2D eigenvalue weighted by Crippen LogP contribution is -2.42. The molecule has 1 aliphatic rings. The van der Waals surface area contributed by atoms with Crippen LogP contribution in [0, 0.1) is 24.2 Å². The number of benzene rings is 2. The summed E-state index contributed by atoms with van der Waals surface area (Å²) in [7, 11) is 2.02. The van der Waals surface area contributed by atoms with E-state index in [-0.39, 0.29) is 0 Å². The number of nitrogens with zero attached hydrogens (tertiary/aromatic N) is 4. The molecule has 1 aliphatic heterocycles. The molecule has 0 aliphatic carbocycles. The van der Waals surface area contributed by atoms with Crippen LogP contribution >= 0.6 is 0 Å². The second-order valence-electron chi connectivity index (χ2n) is 8.27. The van der Waals surface area contributed by atoms with Crippen LogP contribution in [0.4, 0.5) is 0 Å². The van der Waals surface area contributed by atoms with Crippen molar-refractivity contribution in [1.29, 1.82) is 5.26 Å². The zero-order valence-corrected chi connectivity index (χ0v) is 18.8. The largest absolute Gasteiger partial charge is 0.455 e. The van der Waals surface area contributed by atoms with Gasteiger partial charge in [0.15, 0.2) is 12.0 Å². The van der Waals surface area contributed by atoms with Crippen LogP contribution in [0.25, 0.3) is 5.52 Å². The third-order valence-electron chi connectivity index (χ3n) is 5.70. The van der Waals surface area contributed by atoms with E-state index in [0.717, 1.165) is 42.6 Å². The predicted octanol–water partition coefficient (Wildman–Crippen LogP) is 4.91. The highest BCUT2D eigenvalue weighted by molar-refractivity contribution is 5.84. The predicted molar refractivity (Wildman–Crippen MR) is 128 cm³/mol. The number of rotatable bonds is 5. The van der Waals surface area contributed by atoms with Crippen LogP contribution in [0.1, 0.15) is 27.0 Å². The van der Waals surface area contributed by atoms with Crippen LogP contribution in [-0.4, -0.2) is 40.9 Å². The van der Waals surface area contributed by atoms with E-state index in [9.17, 15) is 4.79 Å². The molecule has 0 radical (unpaired) electrons. The van der Waals surface area contributed by atoms with Crippen LogP contribution in [0.3, 0.4) is 0 Å². The summed E-state index contributed by atoms with van der Waals surface area (Å²) < 4.78 is 7.74. The number of likely N-dealkylation sites (tertiary alicyclic amines) is 1. The molecule has 6 heteroatoms. The van der Waals surface area contributed by atoms with Crippen LogP contribution in [0.5, 0.6) is 11.5 Å². The minimum Gasteiger partial charge on any atom is -0.455 e. The Bertz CT molecular complexity index is 1270. The van der Waals surface area contributed by atoms with Gasteiger partial charge in [-0.2, -0.15) is 10.4 Å². The third kappa shape index (κ3) is 5.28. The average molecular weight is 439 g/mol. The first-order valence-electron chi connectivity index (χ1n) is 10.9. The molecule has 1 fully saturated rings. The fraction of sp³-hybridized carbons (Fsp3) is 0.222. The number of nitriles is 1. The highest BCUT2D eigenvalue weighted by atomic mass is 16.5. The Balaban J connectivity index is 0.000000318. The maximum absolute atomic E-state index is 11.2. The lowest BCUT2D eigenvalue weighted by atomic mass is 10.0. The number of carbonyl (C=O) groups is 1. The number of ether oxygens (including phenoxy) is 1. The number of hydrogen-bond donors (Lipinski definition) is 0. The van der Waals surface area contributed by atoms with Crippen molar-refractivity contribution in [3.8, 4) is 17.6 Å². The Morgan fingerprint density at radius 3 is 2.39 bits per heavy atom. The molecule has 0 spiro atoms. The Morgan fingerprint density at radius 1 is 1.09 bits per heavy atom.